The molecule has 0 aliphatic rings. The van der Waals surface area contributed by atoms with E-state index in [-0.39, 0.29) is 5.75 Å². The zero-order chi connectivity index (χ0) is 12.9. The quantitative estimate of drug-likeness (QED) is 0.721. The highest BCUT2D eigenvalue weighted by Crippen LogP contribution is 2.28. The molecule has 1 aromatic rings. The zero-order valence-corrected chi connectivity index (χ0v) is 10.2. The summed E-state index contributed by atoms with van der Waals surface area (Å²) in [6.45, 7) is 1.88. The second-order valence-electron chi connectivity index (χ2n) is 3.64. The number of aryl methyl sites for hydroxylation is 2. The van der Waals surface area contributed by atoms with Crippen LogP contribution in [0.2, 0.25) is 0 Å². The normalized spacial score (nSPS) is 11.6. The Bertz CT molecular complexity index is 363. The van der Waals surface area contributed by atoms with Gasteiger partial charge in [-0.2, -0.15) is 0 Å². The Morgan fingerprint density at radius 3 is 2.53 bits per heavy atom. The van der Waals surface area contributed by atoms with E-state index in [9.17, 15) is 13.2 Å². The fourth-order valence-electron chi connectivity index (χ4n) is 1.50. The number of hydrogen-bond acceptors (Lipinski definition) is 1. The molecule has 0 unspecified atom stereocenters. The van der Waals surface area contributed by atoms with Crippen LogP contribution in [0.25, 0.3) is 0 Å². The molecular weight excluding hydrogens is 253 g/mol. The molecule has 1 rings (SSSR count). The molecule has 0 radical (unpaired) electrons. The molecule has 0 aromatic heterocycles. The average molecular weight is 267 g/mol. The van der Waals surface area contributed by atoms with E-state index < -0.39 is 6.36 Å². The van der Waals surface area contributed by atoms with Crippen LogP contribution in [0.5, 0.6) is 5.75 Å². The minimum absolute atomic E-state index is 0.109. The number of rotatable bonds is 5. The van der Waals surface area contributed by atoms with Crippen LogP contribution in [-0.4, -0.2) is 12.2 Å². The SMILES string of the molecule is CCc1ccc(CCCCl)c(OC(F)(F)F)c1. The van der Waals surface area contributed by atoms with Crippen molar-refractivity contribution in [2.45, 2.75) is 32.5 Å². The summed E-state index contributed by atoms with van der Waals surface area (Å²) in [5.74, 6) is 0.308. The van der Waals surface area contributed by atoms with Crippen molar-refractivity contribution in [2.75, 3.05) is 5.88 Å². The van der Waals surface area contributed by atoms with E-state index >= 15 is 0 Å². The van der Waals surface area contributed by atoms with Gasteiger partial charge in [0.1, 0.15) is 5.75 Å². The van der Waals surface area contributed by atoms with E-state index in [0.29, 0.717) is 30.7 Å². The van der Waals surface area contributed by atoms with E-state index in [1.165, 1.54) is 6.07 Å². The van der Waals surface area contributed by atoms with Gasteiger partial charge in [0.2, 0.25) is 0 Å². The molecule has 0 heterocycles. The molecule has 0 spiro atoms. The Labute approximate surface area is 104 Å². The second-order valence-corrected chi connectivity index (χ2v) is 4.01. The molecule has 0 aliphatic heterocycles. The summed E-state index contributed by atoms with van der Waals surface area (Å²) in [6, 6.07) is 4.93. The van der Waals surface area contributed by atoms with Crippen LogP contribution in [0.3, 0.4) is 0 Å². The fourth-order valence-corrected chi connectivity index (χ4v) is 1.64. The molecule has 0 N–H and O–H groups in total. The molecule has 5 heteroatoms. The third-order valence-electron chi connectivity index (χ3n) is 2.35. The van der Waals surface area contributed by atoms with E-state index in [1.807, 2.05) is 13.0 Å². The van der Waals surface area contributed by atoms with Crippen LogP contribution in [0.4, 0.5) is 13.2 Å². The van der Waals surface area contributed by atoms with Crippen molar-refractivity contribution in [3.8, 4) is 5.75 Å². The molecule has 0 fully saturated rings. The number of benzene rings is 1. The number of ether oxygens (including phenoxy) is 1. The van der Waals surface area contributed by atoms with Crippen LogP contribution in [-0.2, 0) is 12.8 Å². The van der Waals surface area contributed by atoms with Crippen LogP contribution < -0.4 is 4.74 Å². The number of alkyl halides is 4. The van der Waals surface area contributed by atoms with Gasteiger partial charge in [0.05, 0.1) is 0 Å². The van der Waals surface area contributed by atoms with Crippen molar-refractivity contribution in [3.63, 3.8) is 0 Å². The first kappa shape index (κ1) is 14.2. The average Bonchev–Trinajstić information content (AvgIpc) is 2.25. The summed E-state index contributed by atoms with van der Waals surface area (Å²) >= 11 is 5.53. The van der Waals surface area contributed by atoms with E-state index in [1.54, 1.807) is 6.07 Å². The smallest absolute Gasteiger partial charge is 0.405 e. The van der Waals surface area contributed by atoms with Crippen molar-refractivity contribution in [1.82, 2.24) is 0 Å². The molecule has 17 heavy (non-hydrogen) atoms. The largest absolute Gasteiger partial charge is 0.573 e. The number of hydrogen-bond donors (Lipinski definition) is 0. The highest BCUT2D eigenvalue weighted by molar-refractivity contribution is 6.17. The lowest BCUT2D eigenvalue weighted by Crippen LogP contribution is -2.18. The Balaban J connectivity index is 2.94. The van der Waals surface area contributed by atoms with E-state index in [2.05, 4.69) is 4.74 Å². The van der Waals surface area contributed by atoms with Gasteiger partial charge in [-0.3, -0.25) is 0 Å². The molecule has 1 nitrogen and oxygen atoms in total. The maximum atomic E-state index is 12.2. The highest BCUT2D eigenvalue weighted by atomic mass is 35.5. The third-order valence-corrected chi connectivity index (χ3v) is 2.61. The molecule has 1 aromatic carbocycles. The van der Waals surface area contributed by atoms with E-state index in [0.717, 1.165) is 5.56 Å². The topological polar surface area (TPSA) is 9.23 Å². The van der Waals surface area contributed by atoms with Gasteiger partial charge in [0.25, 0.3) is 0 Å². The zero-order valence-electron chi connectivity index (χ0n) is 9.48. The minimum Gasteiger partial charge on any atom is -0.405 e. The molecule has 0 atom stereocenters. The molecule has 0 bridgehead atoms. The lowest BCUT2D eigenvalue weighted by Gasteiger charge is -2.14. The summed E-state index contributed by atoms with van der Waals surface area (Å²) < 4.78 is 40.7. The Morgan fingerprint density at radius 2 is 2.00 bits per heavy atom. The van der Waals surface area contributed by atoms with Crippen molar-refractivity contribution in [1.29, 1.82) is 0 Å². The summed E-state index contributed by atoms with van der Waals surface area (Å²) in [5, 5.41) is 0. The predicted molar refractivity (Wildman–Crippen MR) is 61.5 cm³/mol. The van der Waals surface area contributed by atoms with Crippen molar-refractivity contribution in [2.24, 2.45) is 0 Å². The standard InChI is InChI=1S/C12H14ClF3O/c1-2-9-5-6-10(4-3-7-13)11(8-9)17-12(14,15)16/h5-6,8H,2-4,7H2,1H3. The molecule has 0 saturated heterocycles. The minimum atomic E-state index is -4.65. The van der Waals surface area contributed by atoms with Gasteiger partial charge in [-0.1, -0.05) is 19.1 Å². The molecule has 96 valence electrons. The molecule has 0 saturated carbocycles. The van der Waals surface area contributed by atoms with Gasteiger partial charge in [0.15, 0.2) is 0 Å². The van der Waals surface area contributed by atoms with Crippen LogP contribution in [0.15, 0.2) is 18.2 Å². The summed E-state index contributed by atoms with van der Waals surface area (Å²) in [7, 11) is 0. The Morgan fingerprint density at radius 1 is 1.29 bits per heavy atom. The first-order chi connectivity index (χ1) is 7.96. The monoisotopic (exact) mass is 266 g/mol. The number of halogens is 4. The highest BCUT2D eigenvalue weighted by Gasteiger charge is 2.32. The lowest BCUT2D eigenvalue weighted by atomic mass is 10.0. The second kappa shape index (κ2) is 6.15. The first-order valence-corrected chi connectivity index (χ1v) is 5.93. The summed E-state index contributed by atoms with van der Waals surface area (Å²) in [6.07, 6.45) is -2.87. The van der Waals surface area contributed by atoms with Gasteiger partial charge in [0, 0.05) is 5.88 Å². The van der Waals surface area contributed by atoms with Crippen LogP contribution >= 0.6 is 11.6 Å². The van der Waals surface area contributed by atoms with Gasteiger partial charge in [-0.05, 0) is 36.5 Å². The van der Waals surface area contributed by atoms with Gasteiger partial charge < -0.3 is 4.74 Å². The van der Waals surface area contributed by atoms with Gasteiger partial charge in [-0.25, -0.2) is 0 Å². The van der Waals surface area contributed by atoms with Gasteiger partial charge >= 0.3 is 6.36 Å². The molecule has 0 aliphatic carbocycles. The van der Waals surface area contributed by atoms with Crippen molar-refractivity contribution >= 4 is 11.6 Å². The lowest BCUT2D eigenvalue weighted by molar-refractivity contribution is -0.274. The Kier molecular flexibility index (Phi) is 5.12. The summed E-state index contributed by atoms with van der Waals surface area (Å²) in [4.78, 5) is 0. The maximum absolute atomic E-state index is 12.2. The van der Waals surface area contributed by atoms with E-state index in [4.69, 9.17) is 11.6 Å². The fraction of sp³-hybridized carbons (Fsp3) is 0.500. The van der Waals surface area contributed by atoms with Gasteiger partial charge in [-0.15, -0.1) is 24.8 Å². The van der Waals surface area contributed by atoms with Crippen molar-refractivity contribution < 1.29 is 17.9 Å². The van der Waals surface area contributed by atoms with Crippen molar-refractivity contribution in [3.05, 3.63) is 29.3 Å². The Hall–Kier alpha value is -0.900. The molecular formula is C12H14ClF3O. The molecule has 0 amide bonds. The first-order valence-electron chi connectivity index (χ1n) is 5.39. The van der Waals surface area contributed by atoms with Crippen LogP contribution in [0, 0.1) is 0 Å². The maximum Gasteiger partial charge on any atom is 0.573 e. The van der Waals surface area contributed by atoms with Crippen LogP contribution in [0.1, 0.15) is 24.5 Å². The third kappa shape index (κ3) is 4.86. The summed E-state index contributed by atoms with van der Waals surface area (Å²) in [5.41, 5.74) is 1.36. The predicted octanol–water partition coefficient (Wildman–Crippen LogP) is 4.32.